The van der Waals surface area contributed by atoms with Gasteiger partial charge in [0.15, 0.2) is 0 Å². The summed E-state index contributed by atoms with van der Waals surface area (Å²) in [7, 11) is 0. The molecule has 1 aromatic rings. The van der Waals surface area contributed by atoms with Crippen LogP contribution < -0.4 is 0 Å². The number of rotatable bonds is 9. The molecule has 0 N–H and O–H groups in total. The summed E-state index contributed by atoms with van der Waals surface area (Å²) >= 11 is 0. The van der Waals surface area contributed by atoms with E-state index >= 15 is 0 Å². The van der Waals surface area contributed by atoms with Crippen molar-refractivity contribution in [2.75, 3.05) is 6.61 Å². The lowest BCUT2D eigenvalue weighted by molar-refractivity contribution is 0.0723. The lowest BCUT2D eigenvalue weighted by Gasteiger charge is -2.26. The van der Waals surface area contributed by atoms with Gasteiger partial charge in [-0.15, -0.1) is 0 Å². The smallest absolute Gasteiger partial charge is 0.0955 e. The maximum atomic E-state index is 5.94. The Morgan fingerprint density at radius 2 is 1.76 bits per heavy atom. The van der Waals surface area contributed by atoms with E-state index in [9.17, 15) is 0 Å². The third kappa shape index (κ3) is 6.81. The second-order valence-electron chi connectivity index (χ2n) is 6.04. The van der Waals surface area contributed by atoms with Crippen LogP contribution in [0.4, 0.5) is 0 Å². The van der Waals surface area contributed by atoms with Gasteiger partial charge in [-0.2, -0.15) is 0 Å². The number of allylic oxidation sites excluding steroid dienone is 2. The van der Waals surface area contributed by atoms with Crippen LogP contribution in [-0.2, 0) is 16.1 Å². The zero-order valence-electron chi connectivity index (χ0n) is 14.1. The molecule has 1 rings (SSSR count). The number of hydrogen-bond acceptors (Lipinski definition) is 2. The van der Waals surface area contributed by atoms with Crippen molar-refractivity contribution in [3.05, 3.63) is 47.7 Å². The predicted octanol–water partition coefficient (Wildman–Crippen LogP) is 5.19. The van der Waals surface area contributed by atoms with Crippen molar-refractivity contribution < 1.29 is 9.47 Å². The molecule has 2 heteroatoms. The van der Waals surface area contributed by atoms with Crippen molar-refractivity contribution in [2.24, 2.45) is 11.8 Å². The fraction of sp³-hybridized carbons (Fsp3) is 0.579. The van der Waals surface area contributed by atoms with Gasteiger partial charge < -0.3 is 9.47 Å². The van der Waals surface area contributed by atoms with Gasteiger partial charge in [0.25, 0.3) is 0 Å². The first kappa shape index (κ1) is 17.8. The Bertz CT molecular complexity index is 407. The Morgan fingerprint density at radius 3 is 2.29 bits per heavy atom. The molecule has 0 spiro atoms. The minimum Gasteiger partial charge on any atom is -0.495 e. The van der Waals surface area contributed by atoms with E-state index in [1.165, 1.54) is 5.56 Å². The minimum absolute atomic E-state index is 0.225. The summed E-state index contributed by atoms with van der Waals surface area (Å²) in [4.78, 5) is 0. The van der Waals surface area contributed by atoms with Crippen LogP contribution in [0.25, 0.3) is 0 Å². The van der Waals surface area contributed by atoms with E-state index in [0.29, 0.717) is 18.4 Å². The highest BCUT2D eigenvalue weighted by molar-refractivity contribution is 5.13. The highest BCUT2D eigenvalue weighted by atomic mass is 16.5. The first-order valence-electron chi connectivity index (χ1n) is 7.99. The first-order chi connectivity index (χ1) is 10.0. The third-order valence-corrected chi connectivity index (χ3v) is 3.51. The van der Waals surface area contributed by atoms with Crippen molar-refractivity contribution >= 4 is 0 Å². The van der Waals surface area contributed by atoms with Gasteiger partial charge in [-0.3, -0.25) is 0 Å². The molecule has 0 saturated carbocycles. The number of ether oxygens (including phenoxy) is 2. The Kier molecular flexibility index (Phi) is 8.14. The molecule has 1 aromatic carbocycles. The van der Waals surface area contributed by atoms with Crippen LogP contribution in [0.15, 0.2) is 42.2 Å². The molecule has 0 fully saturated rings. The molecule has 0 amide bonds. The van der Waals surface area contributed by atoms with E-state index in [1.54, 1.807) is 0 Å². The lowest BCUT2D eigenvalue weighted by Crippen LogP contribution is -2.18. The van der Waals surface area contributed by atoms with Crippen molar-refractivity contribution in [3.63, 3.8) is 0 Å². The third-order valence-electron chi connectivity index (χ3n) is 3.51. The minimum atomic E-state index is 0.225. The van der Waals surface area contributed by atoms with Crippen LogP contribution in [0, 0.1) is 11.8 Å². The maximum Gasteiger partial charge on any atom is 0.0955 e. The summed E-state index contributed by atoms with van der Waals surface area (Å²) in [5.41, 5.74) is 1.23. The van der Waals surface area contributed by atoms with Gasteiger partial charge in [0, 0.05) is 12.5 Å². The molecule has 0 aliphatic heterocycles. The standard InChI is InChI=1S/C19H30O2/c1-6-19(21-16(4)5)18(15(2)3)12-13-20-14-17-10-8-7-9-11-17/h6-11,15-16,18H,12-14H2,1-5H3/b19-6-. The molecular weight excluding hydrogens is 260 g/mol. The summed E-state index contributed by atoms with van der Waals surface area (Å²) in [5, 5.41) is 0. The van der Waals surface area contributed by atoms with Gasteiger partial charge in [-0.25, -0.2) is 0 Å². The molecule has 0 aromatic heterocycles. The van der Waals surface area contributed by atoms with Gasteiger partial charge in [0.05, 0.1) is 18.5 Å². The highest BCUT2D eigenvalue weighted by Crippen LogP contribution is 2.26. The molecule has 0 aliphatic rings. The van der Waals surface area contributed by atoms with Gasteiger partial charge in [-0.1, -0.05) is 44.2 Å². The van der Waals surface area contributed by atoms with Crippen LogP contribution in [-0.4, -0.2) is 12.7 Å². The second-order valence-corrected chi connectivity index (χ2v) is 6.04. The van der Waals surface area contributed by atoms with E-state index in [-0.39, 0.29) is 6.10 Å². The largest absolute Gasteiger partial charge is 0.495 e. The molecule has 0 saturated heterocycles. The van der Waals surface area contributed by atoms with Gasteiger partial charge in [-0.05, 0) is 44.7 Å². The first-order valence-corrected chi connectivity index (χ1v) is 7.99. The van der Waals surface area contributed by atoms with Gasteiger partial charge >= 0.3 is 0 Å². The molecule has 0 bridgehead atoms. The molecule has 0 heterocycles. The normalized spacial score (nSPS) is 13.8. The Balaban J connectivity index is 2.44. The Labute approximate surface area is 130 Å². The molecule has 0 aliphatic carbocycles. The van der Waals surface area contributed by atoms with Crippen LogP contribution in [0.5, 0.6) is 0 Å². The van der Waals surface area contributed by atoms with E-state index in [0.717, 1.165) is 18.8 Å². The van der Waals surface area contributed by atoms with E-state index < -0.39 is 0 Å². The fourth-order valence-corrected chi connectivity index (χ4v) is 2.42. The van der Waals surface area contributed by atoms with E-state index in [1.807, 2.05) is 18.2 Å². The number of hydrogen-bond donors (Lipinski definition) is 0. The summed E-state index contributed by atoms with van der Waals surface area (Å²) < 4.78 is 11.8. The Morgan fingerprint density at radius 1 is 1.10 bits per heavy atom. The van der Waals surface area contributed by atoms with Gasteiger partial charge in [0.2, 0.25) is 0 Å². The Hall–Kier alpha value is -1.28. The van der Waals surface area contributed by atoms with Crippen molar-refractivity contribution in [2.45, 2.75) is 53.8 Å². The molecule has 21 heavy (non-hydrogen) atoms. The van der Waals surface area contributed by atoms with E-state index in [4.69, 9.17) is 9.47 Å². The molecule has 2 nitrogen and oxygen atoms in total. The lowest BCUT2D eigenvalue weighted by atomic mass is 9.90. The van der Waals surface area contributed by atoms with Crippen LogP contribution in [0.3, 0.4) is 0 Å². The summed E-state index contributed by atoms with van der Waals surface area (Å²) in [6.45, 7) is 12.1. The van der Waals surface area contributed by atoms with E-state index in [2.05, 4.69) is 52.8 Å². The molecule has 0 radical (unpaired) electrons. The van der Waals surface area contributed by atoms with Crippen LogP contribution >= 0.6 is 0 Å². The molecule has 1 atom stereocenters. The monoisotopic (exact) mass is 290 g/mol. The maximum absolute atomic E-state index is 5.94. The average Bonchev–Trinajstić information content (AvgIpc) is 2.45. The van der Waals surface area contributed by atoms with Crippen molar-refractivity contribution in [1.82, 2.24) is 0 Å². The molecular formula is C19H30O2. The molecule has 1 unspecified atom stereocenters. The summed E-state index contributed by atoms with van der Waals surface area (Å²) in [6.07, 6.45) is 3.32. The van der Waals surface area contributed by atoms with Crippen LogP contribution in [0.1, 0.15) is 46.6 Å². The topological polar surface area (TPSA) is 18.5 Å². The zero-order chi connectivity index (χ0) is 15.7. The average molecular weight is 290 g/mol. The SMILES string of the molecule is C/C=C(\OC(C)C)C(CCOCc1ccccc1)C(C)C. The predicted molar refractivity (Wildman–Crippen MR) is 89.0 cm³/mol. The van der Waals surface area contributed by atoms with Crippen molar-refractivity contribution in [1.29, 1.82) is 0 Å². The van der Waals surface area contributed by atoms with Crippen LogP contribution in [0.2, 0.25) is 0 Å². The highest BCUT2D eigenvalue weighted by Gasteiger charge is 2.20. The van der Waals surface area contributed by atoms with Gasteiger partial charge in [0.1, 0.15) is 0 Å². The fourth-order valence-electron chi connectivity index (χ4n) is 2.42. The quantitative estimate of drug-likeness (QED) is 0.460. The second kappa shape index (κ2) is 9.62. The molecule has 118 valence electrons. The zero-order valence-corrected chi connectivity index (χ0v) is 14.1. The summed E-state index contributed by atoms with van der Waals surface area (Å²) in [5.74, 6) is 2.08. The van der Waals surface area contributed by atoms with Crippen molar-refractivity contribution in [3.8, 4) is 0 Å². The summed E-state index contributed by atoms with van der Waals surface area (Å²) in [6, 6.07) is 10.3. The number of benzene rings is 1.